The highest BCUT2D eigenvalue weighted by Crippen LogP contribution is 2.36. The van der Waals surface area contributed by atoms with Crippen molar-refractivity contribution in [2.75, 3.05) is 0 Å². The van der Waals surface area contributed by atoms with Crippen LogP contribution in [0.1, 0.15) is 16.0 Å². The fraction of sp³-hybridized carbons (Fsp3) is 0.100. The van der Waals surface area contributed by atoms with Gasteiger partial charge in [-0.1, -0.05) is 66.7 Å². The average molecular weight is 347 g/mol. The second-order valence-corrected chi connectivity index (χ2v) is 6.96. The molecule has 25 heavy (non-hydrogen) atoms. The van der Waals surface area contributed by atoms with Gasteiger partial charge in [-0.3, -0.25) is 15.1 Å². The zero-order chi connectivity index (χ0) is 17.3. The maximum Gasteiger partial charge on any atom is 0.264 e. The lowest BCUT2D eigenvalue weighted by molar-refractivity contribution is -0.130. The molecular formula is C20H17N3OS. The van der Waals surface area contributed by atoms with Crippen molar-refractivity contribution in [3.05, 3.63) is 94.2 Å². The van der Waals surface area contributed by atoms with Crippen molar-refractivity contribution in [2.24, 2.45) is 0 Å². The zero-order valence-electron chi connectivity index (χ0n) is 13.5. The van der Waals surface area contributed by atoms with Crippen molar-refractivity contribution in [3.63, 3.8) is 0 Å². The number of benzene rings is 2. The first-order valence-corrected chi connectivity index (χ1v) is 8.92. The molecule has 2 aromatic carbocycles. The van der Waals surface area contributed by atoms with E-state index in [0.29, 0.717) is 6.54 Å². The first-order valence-electron chi connectivity index (χ1n) is 8.04. The van der Waals surface area contributed by atoms with Gasteiger partial charge in [-0.15, -0.1) is 11.3 Å². The van der Waals surface area contributed by atoms with Gasteiger partial charge >= 0.3 is 0 Å². The van der Waals surface area contributed by atoms with Gasteiger partial charge in [0.25, 0.3) is 5.91 Å². The van der Waals surface area contributed by atoms with Crippen LogP contribution in [0.2, 0.25) is 0 Å². The van der Waals surface area contributed by atoms with Crippen LogP contribution in [0.25, 0.3) is 0 Å². The van der Waals surface area contributed by atoms with Crippen molar-refractivity contribution in [2.45, 2.75) is 12.1 Å². The number of carbonyl (C=O) groups excluding carboxylic acids is 1. The highest BCUT2D eigenvalue weighted by Gasteiger charge is 2.52. The summed E-state index contributed by atoms with van der Waals surface area (Å²) in [5.41, 5.74) is 0.617. The predicted molar refractivity (Wildman–Crippen MR) is 99.4 cm³/mol. The Bertz CT molecular complexity index is 852. The van der Waals surface area contributed by atoms with Gasteiger partial charge in [0.15, 0.2) is 11.5 Å². The van der Waals surface area contributed by atoms with Crippen LogP contribution in [-0.2, 0) is 16.9 Å². The Labute approximate surface area is 150 Å². The summed E-state index contributed by atoms with van der Waals surface area (Å²) in [5.74, 6) is 0.00871. The van der Waals surface area contributed by atoms with Gasteiger partial charge in [0.05, 0.1) is 6.54 Å². The van der Waals surface area contributed by atoms with Crippen LogP contribution in [0.4, 0.5) is 0 Å². The highest BCUT2D eigenvalue weighted by molar-refractivity contribution is 7.09. The van der Waals surface area contributed by atoms with Crippen LogP contribution in [0.5, 0.6) is 0 Å². The van der Waals surface area contributed by atoms with Gasteiger partial charge in [-0.25, -0.2) is 0 Å². The molecule has 0 saturated carbocycles. The molecule has 4 rings (SSSR count). The van der Waals surface area contributed by atoms with E-state index in [0.717, 1.165) is 16.0 Å². The fourth-order valence-electron chi connectivity index (χ4n) is 3.25. The van der Waals surface area contributed by atoms with Crippen LogP contribution in [0.15, 0.2) is 78.2 Å². The van der Waals surface area contributed by atoms with Crippen LogP contribution in [0, 0.1) is 5.41 Å². The van der Waals surface area contributed by atoms with E-state index in [1.54, 1.807) is 11.3 Å². The van der Waals surface area contributed by atoms with Crippen LogP contribution >= 0.6 is 11.3 Å². The summed E-state index contributed by atoms with van der Waals surface area (Å²) in [5, 5.41) is 13.5. The number of hydrogen-bond donors (Lipinski definition) is 2. The number of guanidine groups is 1. The number of rotatable bonds is 4. The number of carbonyl (C=O) groups is 1. The molecule has 1 aromatic heterocycles. The molecule has 1 fully saturated rings. The number of hydrogen-bond acceptors (Lipinski definition) is 3. The predicted octanol–water partition coefficient (Wildman–Crippen LogP) is 3.56. The minimum atomic E-state index is -1.06. The molecule has 1 aliphatic heterocycles. The Balaban J connectivity index is 1.82. The largest absolute Gasteiger partial charge is 0.334 e. The van der Waals surface area contributed by atoms with Gasteiger partial charge < -0.3 is 5.32 Å². The molecule has 0 atom stereocenters. The van der Waals surface area contributed by atoms with Crippen LogP contribution in [-0.4, -0.2) is 16.8 Å². The Morgan fingerprint density at radius 3 is 2.04 bits per heavy atom. The van der Waals surface area contributed by atoms with Gasteiger partial charge in [0.1, 0.15) is 0 Å². The smallest absolute Gasteiger partial charge is 0.264 e. The molecule has 124 valence electrons. The Hall–Kier alpha value is -2.92. The molecule has 5 heteroatoms. The summed E-state index contributed by atoms with van der Waals surface area (Å²) >= 11 is 1.59. The highest BCUT2D eigenvalue weighted by atomic mass is 32.1. The molecule has 2 N–H and O–H groups in total. The molecule has 3 aromatic rings. The number of thiophene rings is 1. The monoisotopic (exact) mass is 347 g/mol. The standard InChI is InChI=1S/C20H17N3OS/c21-19-22-20(15-8-3-1-4-9-15,16-10-5-2-6-11-16)18(24)23(19)14-17-12-7-13-25-17/h1-13H,14H2,(H2,21,22). The minimum absolute atomic E-state index is 0.122. The molecule has 4 nitrogen and oxygen atoms in total. The molecule has 0 bridgehead atoms. The van der Waals surface area contributed by atoms with E-state index in [2.05, 4.69) is 5.32 Å². The quantitative estimate of drug-likeness (QED) is 0.758. The number of nitrogens with one attached hydrogen (secondary N) is 2. The second kappa shape index (κ2) is 6.18. The molecule has 0 aliphatic carbocycles. The first-order chi connectivity index (χ1) is 12.2. The lowest BCUT2D eigenvalue weighted by atomic mass is 9.82. The van der Waals surface area contributed by atoms with Crippen LogP contribution in [0.3, 0.4) is 0 Å². The van der Waals surface area contributed by atoms with Gasteiger partial charge in [-0.2, -0.15) is 0 Å². The lowest BCUT2D eigenvalue weighted by Crippen LogP contribution is -2.45. The maximum absolute atomic E-state index is 13.5. The van der Waals surface area contributed by atoms with Crippen LogP contribution < -0.4 is 5.32 Å². The van der Waals surface area contributed by atoms with E-state index < -0.39 is 5.54 Å². The molecule has 1 amide bonds. The zero-order valence-corrected chi connectivity index (χ0v) is 14.3. The van der Waals surface area contributed by atoms with E-state index in [1.165, 1.54) is 4.90 Å². The summed E-state index contributed by atoms with van der Waals surface area (Å²) in [6.45, 7) is 0.406. The SMILES string of the molecule is N=C1NC(c2ccccc2)(c2ccccc2)C(=O)N1Cc1cccs1. The summed E-state index contributed by atoms with van der Waals surface area (Å²) in [6.07, 6.45) is 0. The Kier molecular flexibility index (Phi) is 3.86. The molecule has 1 saturated heterocycles. The molecule has 0 radical (unpaired) electrons. The number of nitrogens with zero attached hydrogens (tertiary/aromatic N) is 1. The van der Waals surface area contributed by atoms with E-state index in [9.17, 15) is 4.79 Å². The molecule has 0 unspecified atom stereocenters. The summed E-state index contributed by atoms with van der Waals surface area (Å²) in [7, 11) is 0. The Morgan fingerprint density at radius 2 is 1.52 bits per heavy atom. The molecule has 0 spiro atoms. The summed E-state index contributed by atoms with van der Waals surface area (Å²) in [6, 6.07) is 23.2. The first kappa shape index (κ1) is 15.6. The third-order valence-corrected chi connectivity index (χ3v) is 5.31. The summed E-state index contributed by atoms with van der Waals surface area (Å²) < 4.78 is 0. The second-order valence-electron chi connectivity index (χ2n) is 5.93. The van der Waals surface area contributed by atoms with E-state index in [-0.39, 0.29) is 11.9 Å². The minimum Gasteiger partial charge on any atom is -0.334 e. The fourth-order valence-corrected chi connectivity index (χ4v) is 3.94. The molecule has 2 heterocycles. The normalized spacial score (nSPS) is 16.1. The third kappa shape index (κ3) is 2.53. The van der Waals surface area contributed by atoms with Gasteiger partial charge in [0, 0.05) is 4.88 Å². The van der Waals surface area contributed by atoms with Crippen molar-refractivity contribution in [1.29, 1.82) is 5.41 Å². The van der Waals surface area contributed by atoms with E-state index >= 15 is 0 Å². The average Bonchev–Trinajstić information content (AvgIpc) is 3.26. The van der Waals surface area contributed by atoms with Gasteiger partial charge in [0.2, 0.25) is 0 Å². The maximum atomic E-state index is 13.5. The van der Waals surface area contributed by atoms with E-state index in [4.69, 9.17) is 5.41 Å². The summed E-state index contributed by atoms with van der Waals surface area (Å²) in [4.78, 5) is 16.1. The topological polar surface area (TPSA) is 56.2 Å². The molecular weight excluding hydrogens is 330 g/mol. The van der Waals surface area contributed by atoms with Crippen molar-refractivity contribution >= 4 is 23.2 Å². The lowest BCUT2D eigenvalue weighted by Gasteiger charge is -2.28. The van der Waals surface area contributed by atoms with Crippen molar-refractivity contribution < 1.29 is 4.79 Å². The van der Waals surface area contributed by atoms with Gasteiger partial charge in [-0.05, 0) is 22.6 Å². The number of amides is 1. The van der Waals surface area contributed by atoms with E-state index in [1.807, 2.05) is 78.2 Å². The van der Waals surface area contributed by atoms with Crippen molar-refractivity contribution in [3.8, 4) is 0 Å². The van der Waals surface area contributed by atoms with Crippen molar-refractivity contribution in [1.82, 2.24) is 10.2 Å². The Morgan fingerprint density at radius 1 is 0.920 bits per heavy atom. The third-order valence-electron chi connectivity index (χ3n) is 4.45. The molecule has 1 aliphatic rings.